The van der Waals surface area contributed by atoms with Crippen LogP contribution in [-0.4, -0.2) is 38.1 Å². The van der Waals surface area contributed by atoms with Gasteiger partial charge in [0.1, 0.15) is 6.04 Å². The fraction of sp³-hybridized carbons (Fsp3) is 0.318. The Bertz CT molecular complexity index is 752. The number of benzene rings is 2. The molecule has 6 heteroatoms. The summed E-state index contributed by atoms with van der Waals surface area (Å²) in [6, 6.07) is 17.7. The van der Waals surface area contributed by atoms with Crippen molar-refractivity contribution < 1.29 is 23.9 Å². The number of hydrogen-bond acceptors (Lipinski definition) is 5. The van der Waals surface area contributed by atoms with Crippen molar-refractivity contribution >= 4 is 17.8 Å². The van der Waals surface area contributed by atoms with Crippen molar-refractivity contribution in [3.8, 4) is 0 Å². The van der Waals surface area contributed by atoms with Crippen molar-refractivity contribution in [1.29, 1.82) is 0 Å². The third-order valence-corrected chi connectivity index (χ3v) is 4.57. The maximum Gasteiger partial charge on any atom is 0.328 e. The van der Waals surface area contributed by atoms with Gasteiger partial charge in [-0.3, -0.25) is 9.59 Å². The summed E-state index contributed by atoms with van der Waals surface area (Å²) in [6.07, 6.45) is -0.0160. The Hall–Kier alpha value is -3.15. The third kappa shape index (κ3) is 5.42. The van der Waals surface area contributed by atoms with Crippen molar-refractivity contribution in [2.45, 2.75) is 25.3 Å². The predicted octanol–water partition coefficient (Wildman–Crippen LogP) is 2.68. The molecule has 0 unspecified atom stereocenters. The van der Waals surface area contributed by atoms with Gasteiger partial charge in [-0.2, -0.15) is 0 Å². The number of ether oxygens (including phenoxy) is 2. The maximum atomic E-state index is 13.2. The molecule has 2 aromatic rings. The number of esters is 2. The summed E-state index contributed by atoms with van der Waals surface area (Å²) in [5.41, 5.74) is 1.60. The van der Waals surface area contributed by atoms with Gasteiger partial charge in [0.25, 0.3) is 0 Å². The van der Waals surface area contributed by atoms with E-state index in [0.717, 1.165) is 11.1 Å². The number of hydrogen-bond donors (Lipinski definition) is 1. The monoisotopic (exact) mass is 383 g/mol. The topological polar surface area (TPSA) is 81.7 Å². The fourth-order valence-electron chi connectivity index (χ4n) is 3.05. The molecule has 0 radical (unpaired) electrons. The van der Waals surface area contributed by atoms with Gasteiger partial charge < -0.3 is 14.8 Å². The molecular weight excluding hydrogens is 358 g/mol. The van der Waals surface area contributed by atoms with Crippen molar-refractivity contribution in [1.82, 2.24) is 5.32 Å². The number of carbonyl (C=O) groups excluding carboxylic acids is 3. The number of carbonyl (C=O) groups is 3. The lowest BCUT2D eigenvalue weighted by Gasteiger charge is -2.25. The molecule has 0 bridgehead atoms. The Labute approximate surface area is 164 Å². The number of rotatable bonds is 8. The summed E-state index contributed by atoms with van der Waals surface area (Å²) in [4.78, 5) is 37.1. The van der Waals surface area contributed by atoms with E-state index in [2.05, 4.69) is 10.1 Å². The molecule has 148 valence electrons. The molecule has 0 saturated carbocycles. The molecule has 0 aliphatic heterocycles. The Morgan fingerprint density at radius 2 is 1.36 bits per heavy atom. The first-order valence-electron chi connectivity index (χ1n) is 9.02. The largest absolute Gasteiger partial charge is 0.469 e. The molecule has 2 rings (SSSR count). The van der Waals surface area contributed by atoms with Crippen LogP contribution in [-0.2, 0) is 23.9 Å². The fourth-order valence-corrected chi connectivity index (χ4v) is 3.05. The van der Waals surface area contributed by atoms with E-state index in [1.165, 1.54) is 14.2 Å². The van der Waals surface area contributed by atoms with Crippen molar-refractivity contribution in [3.63, 3.8) is 0 Å². The molecule has 6 nitrogen and oxygen atoms in total. The average molecular weight is 383 g/mol. The van der Waals surface area contributed by atoms with Crippen LogP contribution in [0.25, 0.3) is 0 Å². The van der Waals surface area contributed by atoms with Gasteiger partial charge in [-0.25, -0.2) is 4.79 Å². The molecule has 0 aromatic heterocycles. The summed E-state index contributed by atoms with van der Waals surface area (Å²) >= 11 is 0. The third-order valence-electron chi connectivity index (χ3n) is 4.57. The second kappa shape index (κ2) is 10.3. The first-order chi connectivity index (χ1) is 13.5. The highest BCUT2D eigenvalue weighted by molar-refractivity contribution is 5.91. The van der Waals surface area contributed by atoms with Crippen LogP contribution >= 0.6 is 0 Å². The van der Waals surface area contributed by atoms with Crippen LogP contribution < -0.4 is 5.32 Å². The van der Waals surface area contributed by atoms with Crippen LogP contribution in [0.3, 0.4) is 0 Å². The number of amides is 1. The van der Waals surface area contributed by atoms with Crippen LogP contribution in [0.1, 0.15) is 30.4 Å². The minimum Gasteiger partial charge on any atom is -0.469 e. The molecule has 0 aliphatic carbocycles. The Morgan fingerprint density at radius 1 is 0.857 bits per heavy atom. The van der Waals surface area contributed by atoms with E-state index in [1.54, 1.807) is 6.92 Å². The number of methoxy groups -OCH3 is 2. The zero-order valence-corrected chi connectivity index (χ0v) is 16.3. The summed E-state index contributed by atoms with van der Waals surface area (Å²) in [5, 5.41) is 2.77. The van der Waals surface area contributed by atoms with Gasteiger partial charge in [-0.15, -0.1) is 0 Å². The lowest BCUT2D eigenvalue weighted by Crippen LogP contribution is -2.48. The minimum absolute atomic E-state index is 0.0160. The standard InChI is InChI=1S/C22H25NO5/c1-15(14-18(24)27-2)20(22(26)28-3)23-21(25)19(16-10-6-4-7-11-16)17-12-8-5-9-13-17/h4-13,15,19-20H,14H2,1-3H3,(H,23,25)/t15-,20+/m1/s1. The molecule has 0 fully saturated rings. The summed E-state index contributed by atoms with van der Waals surface area (Å²) in [7, 11) is 2.53. The normalized spacial score (nSPS) is 12.7. The Kier molecular flexibility index (Phi) is 7.75. The zero-order valence-electron chi connectivity index (χ0n) is 16.3. The molecule has 2 atom stereocenters. The highest BCUT2D eigenvalue weighted by Gasteiger charge is 2.32. The van der Waals surface area contributed by atoms with E-state index >= 15 is 0 Å². The Balaban J connectivity index is 2.31. The van der Waals surface area contributed by atoms with Gasteiger partial charge >= 0.3 is 11.9 Å². The van der Waals surface area contributed by atoms with Crippen LogP contribution in [0.4, 0.5) is 0 Å². The van der Waals surface area contributed by atoms with Crippen LogP contribution in [0.2, 0.25) is 0 Å². The zero-order chi connectivity index (χ0) is 20.5. The number of nitrogens with one attached hydrogen (secondary N) is 1. The minimum atomic E-state index is -0.966. The van der Waals surface area contributed by atoms with Gasteiger partial charge in [-0.05, 0) is 17.0 Å². The predicted molar refractivity (Wildman–Crippen MR) is 104 cm³/mol. The van der Waals surface area contributed by atoms with E-state index in [0.29, 0.717) is 0 Å². The summed E-state index contributed by atoms with van der Waals surface area (Å²) < 4.78 is 9.51. The molecule has 1 amide bonds. The summed E-state index contributed by atoms with van der Waals surface area (Å²) in [6.45, 7) is 1.69. The van der Waals surface area contributed by atoms with Crippen molar-refractivity contribution in [3.05, 3.63) is 71.8 Å². The van der Waals surface area contributed by atoms with E-state index in [4.69, 9.17) is 4.74 Å². The first-order valence-corrected chi connectivity index (χ1v) is 9.02. The molecule has 28 heavy (non-hydrogen) atoms. The van der Waals surface area contributed by atoms with E-state index in [1.807, 2.05) is 60.7 Å². The van der Waals surface area contributed by atoms with Crippen LogP contribution in [0.5, 0.6) is 0 Å². The van der Waals surface area contributed by atoms with E-state index < -0.39 is 29.8 Å². The highest BCUT2D eigenvalue weighted by atomic mass is 16.5. The van der Waals surface area contributed by atoms with E-state index in [9.17, 15) is 14.4 Å². The lowest BCUT2D eigenvalue weighted by molar-refractivity contribution is -0.148. The first kappa shape index (κ1) is 21.2. The van der Waals surface area contributed by atoms with Crippen LogP contribution in [0.15, 0.2) is 60.7 Å². The average Bonchev–Trinajstić information content (AvgIpc) is 2.73. The van der Waals surface area contributed by atoms with Gasteiger partial charge in [0.05, 0.1) is 26.6 Å². The van der Waals surface area contributed by atoms with Gasteiger partial charge in [0, 0.05) is 0 Å². The molecule has 0 heterocycles. The molecular formula is C22H25NO5. The molecule has 0 spiro atoms. The highest BCUT2D eigenvalue weighted by Crippen LogP contribution is 2.25. The smallest absolute Gasteiger partial charge is 0.328 e. The van der Waals surface area contributed by atoms with Crippen LogP contribution in [0, 0.1) is 5.92 Å². The second-order valence-electron chi connectivity index (χ2n) is 6.52. The van der Waals surface area contributed by atoms with Gasteiger partial charge in [0.15, 0.2) is 0 Å². The Morgan fingerprint density at radius 3 is 1.79 bits per heavy atom. The molecule has 2 aromatic carbocycles. The van der Waals surface area contributed by atoms with E-state index in [-0.39, 0.29) is 12.3 Å². The van der Waals surface area contributed by atoms with Crippen molar-refractivity contribution in [2.24, 2.45) is 5.92 Å². The lowest BCUT2D eigenvalue weighted by atomic mass is 9.89. The van der Waals surface area contributed by atoms with Gasteiger partial charge in [0.2, 0.25) is 5.91 Å². The maximum absolute atomic E-state index is 13.2. The van der Waals surface area contributed by atoms with Crippen molar-refractivity contribution in [2.75, 3.05) is 14.2 Å². The second-order valence-corrected chi connectivity index (χ2v) is 6.52. The molecule has 1 N–H and O–H groups in total. The van der Waals surface area contributed by atoms with Gasteiger partial charge in [-0.1, -0.05) is 67.6 Å². The molecule has 0 saturated heterocycles. The summed E-state index contributed by atoms with van der Waals surface area (Å²) in [5.74, 6) is -2.50. The quantitative estimate of drug-likeness (QED) is 0.709. The SMILES string of the molecule is COC(=O)C[C@@H](C)[C@H](NC(=O)C(c1ccccc1)c1ccccc1)C(=O)OC. The molecule has 0 aliphatic rings.